The molecule has 0 aromatic heterocycles. The molecule has 0 aliphatic heterocycles. The van der Waals surface area contributed by atoms with Crippen LogP contribution in [0.3, 0.4) is 0 Å². The average Bonchev–Trinajstić information content (AvgIpc) is 2.94. The molecule has 2 amide bonds. The molecule has 0 heterocycles. The first kappa shape index (κ1) is 29.5. The Balaban J connectivity index is 1.61. The molecule has 7 heteroatoms. The van der Waals surface area contributed by atoms with Gasteiger partial charge in [0, 0.05) is 40.4 Å². The van der Waals surface area contributed by atoms with Crippen molar-refractivity contribution >= 4 is 46.8 Å². The number of benzene rings is 3. The van der Waals surface area contributed by atoms with E-state index in [4.69, 9.17) is 23.2 Å². The topological polar surface area (TPSA) is 49.4 Å². The predicted molar refractivity (Wildman–Crippen MR) is 163 cm³/mol. The first-order valence-corrected chi connectivity index (χ1v) is 15.5. The second-order valence-electron chi connectivity index (χ2n) is 10.2. The Morgan fingerprint density at radius 1 is 0.923 bits per heavy atom. The molecule has 4 rings (SSSR count). The largest absolute Gasteiger partial charge is 0.352 e. The standard InChI is InChI=1S/C32H36Cl2N2O2S/c1-23-11-8-9-14-25(23)21-39-22-31(37)36(20-27-28(33)17-10-18-29(27)34)30(19-24-12-4-2-5-13-24)32(38)35-26-15-6-3-7-16-26/h2,4-5,8-14,17-18,26,30H,3,6-7,15-16,19-22H2,1H3,(H,35,38). The fraction of sp³-hybridized carbons (Fsp3) is 0.375. The lowest BCUT2D eigenvalue weighted by Gasteiger charge is -2.34. The number of amides is 2. The van der Waals surface area contributed by atoms with Crippen LogP contribution in [0.15, 0.2) is 72.8 Å². The molecule has 3 aromatic rings. The summed E-state index contributed by atoms with van der Waals surface area (Å²) in [6, 6.07) is 22.8. The van der Waals surface area contributed by atoms with E-state index in [0.717, 1.165) is 37.0 Å². The van der Waals surface area contributed by atoms with Crippen LogP contribution in [0.5, 0.6) is 0 Å². The lowest BCUT2D eigenvalue weighted by atomic mass is 9.94. The van der Waals surface area contributed by atoms with Crippen molar-refractivity contribution in [3.63, 3.8) is 0 Å². The summed E-state index contributed by atoms with van der Waals surface area (Å²) in [6.45, 7) is 2.24. The van der Waals surface area contributed by atoms with Gasteiger partial charge in [0.25, 0.3) is 0 Å². The summed E-state index contributed by atoms with van der Waals surface area (Å²) in [7, 11) is 0. The molecule has 1 unspecified atom stereocenters. The van der Waals surface area contributed by atoms with Crippen LogP contribution in [0, 0.1) is 6.92 Å². The number of thioether (sulfide) groups is 1. The Bertz CT molecular complexity index is 1230. The fourth-order valence-corrected chi connectivity index (χ4v) is 6.56. The van der Waals surface area contributed by atoms with Crippen molar-refractivity contribution < 1.29 is 9.59 Å². The van der Waals surface area contributed by atoms with Gasteiger partial charge in [0.05, 0.1) is 5.75 Å². The number of halogens is 2. The Morgan fingerprint density at radius 2 is 1.59 bits per heavy atom. The lowest BCUT2D eigenvalue weighted by molar-refractivity contribution is -0.139. The van der Waals surface area contributed by atoms with Crippen LogP contribution in [-0.4, -0.2) is 34.6 Å². The van der Waals surface area contributed by atoms with Crippen molar-refractivity contribution in [2.75, 3.05) is 5.75 Å². The van der Waals surface area contributed by atoms with E-state index in [9.17, 15) is 9.59 Å². The second-order valence-corrected chi connectivity index (χ2v) is 12.0. The maximum absolute atomic E-state index is 13.9. The van der Waals surface area contributed by atoms with Crippen molar-refractivity contribution in [3.8, 4) is 0 Å². The number of rotatable bonds is 11. The summed E-state index contributed by atoms with van der Waals surface area (Å²) < 4.78 is 0. The molecule has 3 aromatic carbocycles. The zero-order valence-corrected chi connectivity index (χ0v) is 24.7. The number of carbonyl (C=O) groups excluding carboxylic acids is 2. The molecular weight excluding hydrogens is 547 g/mol. The minimum atomic E-state index is -0.687. The van der Waals surface area contributed by atoms with Crippen molar-refractivity contribution in [3.05, 3.63) is 105 Å². The van der Waals surface area contributed by atoms with Gasteiger partial charge in [0.1, 0.15) is 6.04 Å². The summed E-state index contributed by atoms with van der Waals surface area (Å²) in [5.74, 6) is 0.741. The van der Waals surface area contributed by atoms with E-state index in [1.165, 1.54) is 17.5 Å². The Morgan fingerprint density at radius 3 is 2.28 bits per heavy atom. The minimum absolute atomic E-state index is 0.107. The molecule has 206 valence electrons. The van der Waals surface area contributed by atoms with Gasteiger partial charge in [-0.1, -0.05) is 103 Å². The Labute approximate surface area is 246 Å². The number of nitrogens with zero attached hydrogens (tertiary/aromatic N) is 1. The molecule has 1 aliphatic carbocycles. The summed E-state index contributed by atoms with van der Waals surface area (Å²) in [4.78, 5) is 29.5. The van der Waals surface area contributed by atoms with Crippen molar-refractivity contribution in [2.45, 2.75) is 69.8 Å². The molecule has 0 radical (unpaired) electrons. The maximum Gasteiger partial charge on any atom is 0.243 e. The van der Waals surface area contributed by atoms with E-state index in [1.54, 1.807) is 34.9 Å². The third kappa shape index (κ3) is 8.51. The normalized spacial score (nSPS) is 14.5. The number of hydrogen-bond acceptors (Lipinski definition) is 3. The molecule has 1 atom stereocenters. The van der Waals surface area contributed by atoms with Crippen LogP contribution < -0.4 is 5.32 Å². The highest BCUT2D eigenvalue weighted by Crippen LogP contribution is 2.28. The van der Waals surface area contributed by atoms with Gasteiger partial charge in [-0.3, -0.25) is 9.59 Å². The van der Waals surface area contributed by atoms with Crippen LogP contribution in [0.25, 0.3) is 0 Å². The smallest absolute Gasteiger partial charge is 0.243 e. The van der Waals surface area contributed by atoms with E-state index in [-0.39, 0.29) is 30.2 Å². The first-order chi connectivity index (χ1) is 18.9. The van der Waals surface area contributed by atoms with E-state index in [0.29, 0.717) is 22.0 Å². The van der Waals surface area contributed by atoms with Crippen LogP contribution in [-0.2, 0) is 28.3 Å². The lowest BCUT2D eigenvalue weighted by Crippen LogP contribution is -2.53. The number of nitrogens with one attached hydrogen (secondary N) is 1. The van der Waals surface area contributed by atoms with Crippen LogP contribution >= 0.6 is 35.0 Å². The van der Waals surface area contributed by atoms with Gasteiger partial charge < -0.3 is 10.2 Å². The highest BCUT2D eigenvalue weighted by molar-refractivity contribution is 7.99. The van der Waals surface area contributed by atoms with Gasteiger partial charge >= 0.3 is 0 Å². The summed E-state index contributed by atoms with van der Waals surface area (Å²) in [5, 5.41) is 4.24. The molecule has 0 saturated heterocycles. The van der Waals surface area contributed by atoms with Crippen molar-refractivity contribution in [2.24, 2.45) is 0 Å². The molecule has 1 fully saturated rings. The molecule has 0 bridgehead atoms. The highest BCUT2D eigenvalue weighted by Gasteiger charge is 2.32. The number of aryl methyl sites for hydroxylation is 1. The van der Waals surface area contributed by atoms with Crippen LogP contribution in [0.2, 0.25) is 10.0 Å². The summed E-state index contributed by atoms with van der Waals surface area (Å²) in [5.41, 5.74) is 4.05. The molecule has 1 N–H and O–H groups in total. The molecule has 1 aliphatic rings. The van der Waals surface area contributed by atoms with Crippen LogP contribution in [0.1, 0.15) is 54.4 Å². The summed E-state index contributed by atoms with van der Waals surface area (Å²) >= 11 is 14.7. The quantitative estimate of drug-likeness (QED) is 0.253. The molecule has 0 spiro atoms. The van der Waals surface area contributed by atoms with E-state index >= 15 is 0 Å². The second kappa shape index (κ2) is 14.8. The third-order valence-electron chi connectivity index (χ3n) is 7.36. The average molecular weight is 584 g/mol. The molecule has 4 nitrogen and oxygen atoms in total. The van der Waals surface area contributed by atoms with Crippen molar-refractivity contribution in [1.29, 1.82) is 0 Å². The monoisotopic (exact) mass is 582 g/mol. The van der Waals surface area contributed by atoms with Gasteiger partial charge in [-0.05, 0) is 48.6 Å². The summed E-state index contributed by atoms with van der Waals surface area (Å²) in [6.07, 6.45) is 5.79. The van der Waals surface area contributed by atoms with Gasteiger partial charge in [0.2, 0.25) is 11.8 Å². The third-order valence-corrected chi connectivity index (χ3v) is 9.03. The maximum atomic E-state index is 13.9. The Kier molecular flexibility index (Phi) is 11.2. The van der Waals surface area contributed by atoms with Crippen LogP contribution in [0.4, 0.5) is 0 Å². The van der Waals surface area contributed by atoms with E-state index < -0.39 is 6.04 Å². The highest BCUT2D eigenvalue weighted by atomic mass is 35.5. The fourth-order valence-electron chi connectivity index (χ4n) is 5.06. The van der Waals surface area contributed by atoms with E-state index in [2.05, 4.69) is 24.4 Å². The van der Waals surface area contributed by atoms with Gasteiger partial charge in [0.15, 0.2) is 0 Å². The molecular formula is C32H36Cl2N2O2S. The Hall–Kier alpha value is -2.47. The zero-order valence-electron chi connectivity index (χ0n) is 22.4. The van der Waals surface area contributed by atoms with Crippen molar-refractivity contribution in [1.82, 2.24) is 10.2 Å². The van der Waals surface area contributed by atoms with Gasteiger partial charge in [-0.15, -0.1) is 11.8 Å². The minimum Gasteiger partial charge on any atom is -0.352 e. The van der Waals surface area contributed by atoms with Gasteiger partial charge in [-0.25, -0.2) is 0 Å². The first-order valence-electron chi connectivity index (χ1n) is 13.6. The molecule has 39 heavy (non-hydrogen) atoms. The SMILES string of the molecule is Cc1ccccc1CSCC(=O)N(Cc1c(Cl)cccc1Cl)C(Cc1ccccc1)C(=O)NC1CCCCC1. The molecule has 1 saturated carbocycles. The predicted octanol–water partition coefficient (Wildman–Crippen LogP) is 7.62. The number of carbonyl (C=O) groups is 2. The van der Waals surface area contributed by atoms with E-state index in [1.807, 2.05) is 42.5 Å². The zero-order chi connectivity index (χ0) is 27.6. The number of hydrogen-bond donors (Lipinski definition) is 1. The van der Waals surface area contributed by atoms with Gasteiger partial charge in [-0.2, -0.15) is 0 Å².